The Morgan fingerprint density at radius 3 is 2.38 bits per heavy atom. The first kappa shape index (κ1) is 15.3. The molecule has 1 amide bonds. The Balaban J connectivity index is 1.83. The predicted molar refractivity (Wildman–Crippen MR) is 87.6 cm³/mol. The van der Waals surface area contributed by atoms with Gasteiger partial charge in [0.25, 0.3) is 5.91 Å². The molecule has 1 heterocycles. The normalized spacial score (nSPS) is 25.7. The van der Waals surface area contributed by atoms with Crippen molar-refractivity contribution >= 4 is 33.4 Å². The van der Waals surface area contributed by atoms with Gasteiger partial charge >= 0.3 is 0 Å². The van der Waals surface area contributed by atoms with Crippen molar-refractivity contribution < 1.29 is 4.79 Å². The second-order valence-corrected chi connectivity index (χ2v) is 7.62. The lowest BCUT2D eigenvalue weighted by Crippen LogP contribution is -2.43. The first-order valence-corrected chi connectivity index (χ1v) is 8.87. The molecule has 0 saturated heterocycles. The Hall–Kier alpha value is -0.610. The lowest BCUT2D eigenvalue weighted by Gasteiger charge is -2.36. The van der Waals surface area contributed by atoms with Gasteiger partial charge in [-0.15, -0.1) is 0 Å². The quantitative estimate of drug-likeness (QED) is 0.723. The van der Waals surface area contributed by atoms with E-state index in [0.717, 1.165) is 36.1 Å². The predicted octanol–water partition coefficient (Wildman–Crippen LogP) is 4.68. The van der Waals surface area contributed by atoms with Crippen LogP contribution in [-0.2, 0) is 0 Å². The Morgan fingerprint density at radius 2 is 1.81 bits per heavy atom. The van der Waals surface area contributed by atoms with Gasteiger partial charge < -0.3 is 4.90 Å². The maximum Gasteiger partial charge on any atom is 0.257 e. The summed E-state index contributed by atoms with van der Waals surface area (Å²) in [7, 11) is 0. The van der Waals surface area contributed by atoms with Crippen molar-refractivity contribution in [2.24, 2.45) is 5.92 Å². The fourth-order valence-electron chi connectivity index (χ4n) is 3.21. The smallest absolute Gasteiger partial charge is 0.257 e. The Labute approximate surface area is 139 Å². The largest absolute Gasteiger partial charge is 0.333 e. The molecule has 2 aliphatic rings. The van der Waals surface area contributed by atoms with E-state index in [1.54, 1.807) is 12.3 Å². The Morgan fingerprint density at radius 1 is 1.24 bits per heavy atom. The highest BCUT2D eigenvalue weighted by Crippen LogP contribution is 2.37. The molecule has 0 unspecified atom stereocenters. The standard InChI is InChI=1S/C16H20BrClN2O/c1-10-2-4-12(5-3-10)20(13-6-7-13)16(21)14-8-11(17)9-19-15(14)18/h8-10,12-13H,2-7H2,1H3. The number of amides is 1. The number of hydrogen-bond donors (Lipinski definition) is 0. The van der Waals surface area contributed by atoms with Crippen LogP contribution < -0.4 is 0 Å². The Kier molecular flexibility index (Phi) is 4.55. The molecule has 1 aromatic rings. The van der Waals surface area contributed by atoms with Crippen molar-refractivity contribution in [3.8, 4) is 0 Å². The molecule has 5 heteroatoms. The molecule has 2 saturated carbocycles. The van der Waals surface area contributed by atoms with Gasteiger partial charge in [-0.3, -0.25) is 4.79 Å². The topological polar surface area (TPSA) is 33.2 Å². The zero-order valence-corrected chi connectivity index (χ0v) is 14.5. The SMILES string of the molecule is CC1CCC(N(C(=O)c2cc(Br)cnc2Cl)C2CC2)CC1. The van der Waals surface area contributed by atoms with Gasteiger partial charge in [-0.25, -0.2) is 4.98 Å². The van der Waals surface area contributed by atoms with E-state index in [4.69, 9.17) is 11.6 Å². The third-order valence-corrected chi connectivity index (χ3v) is 5.32. The van der Waals surface area contributed by atoms with Gasteiger partial charge in [-0.05, 0) is 66.4 Å². The zero-order chi connectivity index (χ0) is 15.0. The maximum absolute atomic E-state index is 13.0. The average molecular weight is 372 g/mol. The number of pyridine rings is 1. The van der Waals surface area contributed by atoms with Crippen LogP contribution in [0.4, 0.5) is 0 Å². The molecule has 0 N–H and O–H groups in total. The van der Waals surface area contributed by atoms with Crippen molar-refractivity contribution in [3.05, 3.63) is 27.5 Å². The highest BCUT2D eigenvalue weighted by molar-refractivity contribution is 9.10. The van der Waals surface area contributed by atoms with E-state index in [1.807, 2.05) is 0 Å². The number of carbonyl (C=O) groups is 1. The van der Waals surface area contributed by atoms with E-state index in [0.29, 0.717) is 22.8 Å². The van der Waals surface area contributed by atoms with Crippen LogP contribution >= 0.6 is 27.5 Å². The van der Waals surface area contributed by atoms with E-state index < -0.39 is 0 Å². The molecule has 2 aliphatic carbocycles. The van der Waals surface area contributed by atoms with Gasteiger partial charge in [0.2, 0.25) is 0 Å². The minimum atomic E-state index is 0.0517. The van der Waals surface area contributed by atoms with Crippen LogP contribution in [0.5, 0.6) is 0 Å². The van der Waals surface area contributed by atoms with Crippen molar-refractivity contribution in [2.75, 3.05) is 0 Å². The highest BCUT2D eigenvalue weighted by atomic mass is 79.9. The first-order valence-electron chi connectivity index (χ1n) is 7.70. The van der Waals surface area contributed by atoms with Crippen LogP contribution in [0.1, 0.15) is 55.8 Å². The van der Waals surface area contributed by atoms with E-state index in [-0.39, 0.29) is 5.91 Å². The summed E-state index contributed by atoms with van der Waals surface area (Å²) in [5.74, 6) is 0.837. The van der Waals surface area contributed by atoms with Crippen molar-refractivity contribution in [2.45, 2.75) is 57.5 Å². The average Bonchev–Trinajstić information content (AvgIpc) is 3.28. The second-order valence-electron chi connectivity index (χ2n) is 6.35. The highest BCUT2D eigenvalue weighted by Gasteiger charge is 2.39. The van der Waals surface area contributed by atoms with Gasteiger partial charge in [0.1, 0.15) is 5.15 Å². The van der Waals surface area contributed by atoms with E-state index in [1.165, 1.54) is 12.8 Å². The summed E-state index contributed by atoms with van der Waals surface area (Å²) < 4.78 is 0.795. The summed E-state index contributed by atoms with van der Waals surface area (Å²) >= 11 is 9.52. The lowest BCUT2D eigenvalue weighted by atomic mass is 9.86. The van der Waals surface area contributed by atoms with E-state index >= 15 is 0 Å². The molecular formula is C16H20BrClN2O. The lowest BCUT2D eigenvalue weighted by molar-refractivity contribution is 0.0593. The molecule has 21 heavy (non-hydrogen) atoms. The Bertz CT molecular complexity index is 539. The number of carbonyl (C=O) groups excluding carboxylic acids is 1. The molecule has 0 atom stereocenters. The van der Waals surface area contributed by atoms with E-state index in [9.17, 15) is 4.79 Å². The molecule has 1 aromatic heterocycles. The van der Waals surface area contributed by atoms with Gasteiger partial charge in [0.15, 0.2) is 0 Å². The van der Waals surface area contributed by atoms with Crippen LogP contribution in [0.3, 0.4) is 0 Å². The van der Waals surface area contributed by atoms with Crippen LogP contribution in [-0.4, -0.2) is 27.9 Å². The summed E-state index contributed by atoms with van der Waals surface area (Å²) in [4.78, 5) is 19.1. The summed E-state index contributed by atoms with van der Waals surface area (Å²) in [6, 6.07) is 2.57. The zero-order valence-electron chi connectivity index (χ0n) is 12.2. The number of aromatic nitrogens is 1. The molecule has 0 radical (unpaired) electrons. The first-order chi connectivity index (χ1) is 10.1. The number of hydrogen-bond acceptors (Lipinski definition) is 2. The van der Waals surface area contributed by atoms with Crippen LogP contribution in [0, 0.1) is 5.92 Å². The molecule has 0 bridgehead atoms. The monoisotopic (exact) mass is 370 g/mol. The second kappa shape index (κ2) is 6.25. The molecular weight excluding hydrogens is 352 g/mol. The van der Waals surface area contributed by atoms with Crippen LogP contribution in [0.2, 0.25) is 5.15 Å². The summed E-state index contributed by atoms with van der Waals surface area (Å²) in [5.41, 5.74) is 0.525. The number of nitrogens with zero attached hydrogens (tertiary/aromatic N) is 2. The fourth-order valence-corrected chi connectivity index (χ4v) is 3.73. The molecule has 0 aromatic carbocycles. The fraction of sp³-hybridized carbons (Fsp3) is 0.625. The molecule has 3 nitrogen and oxygen atoms in total. The summed E-state index contributed by atoms with van der Waals surface area (Å²) in [6.45, 7) is 2.30. The van der Waals surface area contributed by atoms with Crippen molar-refractivity contribution in [1.82, 2.24) is 9.88 Å². The van der Waals surface area contributed by atoms with Crippen LogP contribution in [0.25, 0.3) is 0 Å². The van der Waals surface area contributed by atoms with Gasteiger partial charge in [0.05, 0.1) is 5.56 Å². The van der Waals surface area contributed by atoms with Gasteiger partial charge in [0, 0.05) is 22.8 Å². The van der Waals surface area contributed by atoms with Crippen LogP contribution in [0.15, 0.2) is 16.7 Å². The van der Waals surface area contributed by atoms with Gasteiger partial charge in [-0.2, -0.15) is 0 Å². The minimum absolute atomic E-state index is 0.0517. The minimum Gasteiger partial charge on any atom is -0.333 e. The number of rotatable bonds is 3. The molecule has 0 aliphatic heterocycles. The molecule has 2 fully saturated rings. The summed E-state index contributed by atoms with van der Waals surface area (Å²) in [5, 5.41) is 0.304. The van der Waals surface area contributed by atoms with Crippen molar-refractivity contribution in [3.63, 3.8) is 0 Å². The molecule has 114 valence electrons. The third-order valence-electron chi connectivity index (χ3n) is 4.59. The van der Waals surface area contributed by atoms with Gasteiger partial charge in [-0.1, -0.05) is 18.5 Å². The van der Waals surface area contributed by atoms with Crippen molar-refractivity contribution in [1.29, 1.82) is 0 Å². The van der Waals surface area contributed by atoms with E-state index in [2.05, 4.69) is 32.7 Å². The number of halogens is 2. The molecule has 0 spiro atoms. The molecule has 3 rings (SSSR count). The third kappa shape index (κ3) is 3.42. The summed E-state index contributed by atoms with van der Waals surface area (Å²) in [6.07, 6.45) is 8.53. The maximum atomic E-state index is 13.0.